The van der Waals surface area contributed by atoms with E-state index in [1.165, 1.54) is 58.3 Å². The first-order valence-corrected chi connectivity index (χ1v) is 13.2. The van der Waals surface area contributed by atoms with Gasteiger partial charge in [0, 0.05) is 17.7 Å². The molecule has 3 aliphatic rings. The number of hydrogen-bond donors (Lipinski definition) is 0. The van der Waals surface area contributed by atoms with Gasteiger partial charge in [-0.3, -0.25) is 4.79 Å². The van der Waals surface area contributed by atoms with E-state index in [9.17, 15) is 13.6 Å². The minimum absolute atomic E-state index is 0.0256. The summed E-state index contributed by atoms with van der Waals surface area (Å²) in [5.74, 6) is 2.43. The fourth-order valence-corrected chi connectivity index (χ4v) is 6.92. The van der Waals surface area contributed by atoms with Gasteiger partial charge in [-0.1, -0.05) is 18.6 Å². The Hall–Kier alpha value is -1.71. The predicted octanol–water partition coefficient (Wildman–Crippen LogP) is 8.17. The molecule has 4 rings (SSSR count). The van der Waals surface area contributed by atoms with Crippen molar-refractivity contribution in [2.45, 2.75) is 90.9 Å². The summed E-state index contributed by atoms with van der Waals surface area (Å²) in [4.78, 5) is 12.6. The molecule has 3 aliphatic carbocycles. The summed E-state index contributed by atoms with van der Waals surface area (Å²) in [5, 5.41) is 0. The number of halogens is 2. The minimum atomic E-state index is -0.677. The molecule has 0 aromatic heterocycles. The highest BCUT2D eigenvalue weighted by molar-refractivity contribution is 5.75. The van der Waals surface area contributed by atoms with Gasteiger partial charge in [-0.2, -0.15) is 0 Å². The molecule has 0 heterocycles. The van der Waals surface area contributed by atoms with Gasteiger partial charge in [0.1, 0.15) is 17.4 Å². The fraction of sp³-hybridized carbons (Fsp3) is 0.690. The van der Waals surface area contributed by atoms with Crippen LogP contribution in [0.1, 0.15) is 89.5 Å². The topological polar surface area (TPSA) is 26.3 Å². The van der Waals surface area contributed by atoms with E-state index in [1.807, 2.05) is 0 Å². The zero-order valence-electron chi connectivity index (χ0n) is 20.3. The zero-order valence-corrected chi connectivity index (χ0v) is 20.3. The highest BCUT2D eigenvalue weighted by Crippen LogP contribution is 2.49. The summed E-state index contributed by atoms with van der Waals surface area (Å²) in [6.07, 6.45) is 19.3. The van der Waals surface area contributed by atoms with E-state index in [-0.39, 0.29) is 23.2 Å². The number of carbonyl (C=O) groups is 1. The molecule has 1 aromatic rings. The lowest BCUT2D eigenvalue weighted by molar-refractivity contribution is -0.140. The van der Waals surface area contributed by atoms with Crippen molar-refractivity contribution in [2.75, 3.05) is 0 Å². The van der Waals surface area contributed by atoms with Crippen molar-refractivity contribution >= 4 is 5.97 Å². The van der Waals surface area contributed by atoms with Crippen molar-refractivity contribution in [3.05, 3.63) is 41.5 Å². The maximum absolute atomic E-state index is 13.8. The summed E-state index contributed by atoms with van der Waals surface area (Å²) < 4.78 is 32.9. The Labute approximate surface area is 198 Å². The van der Waals surface area contributed by atoms with Crippen molar-refractivity contribution in [1.82, 2.24) is 0 Å². The number of ether oxygens (including phenoxy) is 1. The minimum Gasteiger partial charge on any atom is -0.426 e. The normalized spacial score (nSPS) is 32.5. The monoisotopic (exact) mass is 458 g/mol. The third kappa shape index (κ3) is 6.05. The summed E-state index contributed by atoms with van der Waals surface area (Å²) in [6, 6.07) is 2.21. The zero-order chi connectivity index (χ0) is 23.4. The summed E-state index contributed by atoms with van der Waals surface area (Å²) in [7, 11) is 0. The molecular formula is C29H40F2O2. The van der Waals surface area contributed by atoms with Crippen LogP contribution in [0.15, 0.2) is 24.3 Å². The van der Waals surface area contributed by atoms with Crippen LogP contribution in [0.3, 0.4) is 0 Å². The number of benzene rings is 1. The van der Waals surface area contributed by atoms with Gasteiger partial charge >= 0.3 is 5.97 Å². The number of carbonyl (C=O) groups excluding carboxylic acids is 1. The number of rotatable bonds is 6. The molecule has 0 radical (unpaired) electrons. The third-order valence-corrected chi connectivity index (χ3v) is 8.98. The van der Waals surface area contributed by atoms with E-state index in [0.717, 1.165) is 67.4 Å². The Bertz CT molecular complexity index is 817. The van der Waals surface area contributed by atoms with E-state index in [1.54, 1.807) is 0 Å². The molecule has 0 spiro atoms. The third-order valence-electron chi connectivity index (χ3n) is 8.98. The Balaban J connectivity index is 1.22. The molecule has 3 fully saturated rings. The first kappa shape index (κ1) is 24.4. The highest BCUT2D eigenvalue weighted by Gasteiger charge is 2.39. The van der Waals surface area contributed by atoms with Crippen LogP contribution in [0, 0.1) is 54.1 Å². The van der Waals surface area contributed by atoms with Gasteiger partial charge in [0.15, 0.2) is 0 Å². The quantitative estimate of drug-likeness (QED) is 0.244. The Morgan fingerprint density at radius 3 is 2.15 bits per heavy atom. The van der Waals surface area contributed by atoms with Crippen LogP contribution in [0.25, 0.3) is 0 Å². The molecule has 182 valence electrons. The van der Waals surface area contributed by atoms with E-state index in [0.29, 0.717) is 0 Å². The lowest BCUT2D eigenvalue weighted by atomic mass is 9.60. The van der Waals surface area contributed by atoms with Crippen molar-refractivity contribution in [2.24, 2.45) is 35.5 Å². The highest BCUT2D eigenvalue weighted by atomic mass is 19.1. The number of fused-ring (bicyclic) bond motifs is 1. The van der Waals surface area contributed by atoms with Crippen LogP contribution in [-0.2, 0) is 4.79 Å². The molecule has 0 N–H and O–H groups in total. The van der Waals surface area contributed by atoms with Gasteiger partial charge in [-0.15, -0.1) is 0 Å². The molecule has 2 nitrogen and oxygen atoms in total. The molecule has 0 aliphatic heterocycles. The van der Waals surface area contributed by atoms with Crippen LogP contribution in [0.2, 0.25) is 0 Å². The maximum Gasteiger partial charge on any atom is 0.314 e. The van der Waals surface area contributed by atoms with Gasteiger partial charge in [0.25, 0.3) is 0 Å². The molecular weight excluding hydrogens is 418 g/mol. The number of esters is 1. The molecule has 1 aromatic carbocycles. The Kier molecular flexibility index (Phi) is 8.24. The van der Waals surface area contributed by atoms with Crippen molar-refractivity contribution in [3.8, 4) is 5.75 Å². The molecule has 33 heavy (non-hydrogen) atoms. The molecule has 3 saturated carbocycles. The van der Waals surface area contributed by atoms with E-state index < -0.39 is 11.6 Å². The first-order valence-electron chi connectivity index (χ1n) is 13.2. The van der Waals surface area contributed by atoms with Crippen LogP contribution >= 0.6 is 0 Å². The average molecular weight is 459 g/mol. The van der Waals surface area contributed by atoms with Gasteiger partial charge in [0.2, 0.25) is 0 Å². The van der Waals surface area contributed by atoms with Crippen LogP contribution < -0.4 is 4.74 Å². The van der Waals surface area contributed by atoms with Crippen molar-refractivity contribution in [1.29, 1.82) is 0 Å². The van der Waals surface area contributed by atoms with Crippen molar-refractivity contribution < 1.29 is 18.3 Å². The first-order chi connectivity index (χ1) is 15.9. The number of hydrogen-bond acceptors (Lipinski definition) is 2. The van der Waals surface area contributed by atoms with Crippen LogP contribution in [0.5, 0.6) is 5.75 Å². The van der Waals surface area contributed by atoms with Gasteiger partial charge in [0.05, 0.1) is 5.92 Å². The van der Waals surface area contributed by atoms with Crippen LogP contribution in [0.4, 0.5) is 8.78 Å². The van der Waals surface area contributed by atoms with E-state index in [4.69, 9.17) is 4.74 Å². The summed E-state index contributed by atoms with van der Waals surface area (Å²) >= 11 is 0. The standard InChI is InChI=1S/C29H40F2O2/c1-3-4-5-6-20-7-8-25-16-24(14-13-23(25)15-20)21-9-11-22(12-10-21)29(32)33-26-17-27(30)19(2)28(31)18-26/h3-4,17-18,20-25H,5-16H2,1-2H3/b4-3+. The molecule has 0 saturated heterocycles. The fourth-order valence-electron chi connectivity index (χ4n) is 6.92. The van der Waals surface area contributed by atoms with E-state index in [2.05, 4.69) is 19.1 Å². The number of allylic oxidation sites excluding steroid dienone is 2. The smallest absolute Gasteiger partial charge is 0.314 e. The van der Waals surface area contributed by atoms with Gasteiger partial charge < -0.3 is 4.74 Å². The lowest BCUT2D eigenvalue weighted by Gasteiger charge is -2.45. The molecule has 0 amide bonds. The van der Waals surface area contributed by atoms with E-state index >= 15 is 0 Å². The second-order valence-corrected chi connectivity index (χ2v) is 11.0. The van der Waals surface area contributed by atoms with Crippen molar-refractivity contribution in [3.63, 3.8) is 0 Å². The Morgan fingerprint density at radius 2 is 1.48 bits per heavy atom. The average Bonchev–Trinajstić information content (AvgIpc) is 2.82. The maximum atomic E-state index is 13.8. The SMILES string of the molecule is C/C=C/CCC1CCC2CC(C3CCC(C(=O)Oc4cc(F)c(C)c(F)c4)CC3)CCC2C1. The van der Waals surface area contributed by atoms with Gasteiger partial charge in [-0.25, -0.2) is 8.78 Å². The summed E-state index contributed by atoms with van der Waals surface area (Å²) in [6.45, 7) is 3.49. The summed E-state index contributed by atoms with van der Waals surface area (Å²) in [5.41, 5.74) is -0.0489. The molecule has 4 heteroatoms. The van der Waals surface area contributed by atoms with Crippen LogP contribution in [-0.4, -0.2) is 5.97 Å². The lowest BCUT2D eigenvalue weighted by Crippen LogP contribution is -2.35. The predicted molar refractivity (Wildman–Crippen MR) is 128 cm³/mol. The second kappa shape index (κ2) is 11.1. The second-order valence-electron chi connectivity index (χ2n) is 11.0. The Morgan fingerprint density at radius 1 is 0.909 bits per heavy atom. The van der Waals surface area contributed by atoms with Gasteiger partial charge in [-0.05, 0) is 114 Å². The molecule has 4 atom stereocenters. The molecule has 0 bridgehead atoms. The molecule has 4 unspecified atom stereocenters. The largest absolute Gasteiger partial charge is 0.426 e.